The average molecular weight is 305 g/mol. The molecule has 0 bridgehead atoms. The summed E-state index contributed by atoms with van der Waals surface area (Å²) in [6.45, 7) is 1.39. The Kier molecular flexibility index (Phi) is 4.15. The number of nitrogens with zero attached hydrogens (tertiary/aromatic N) is 2. The highest BCUT2D eigenvalue weighted by Crippen LogP contribution is 2.24. The number of pyridine rings is 2. The number of fused-ring (bicyclic) bond motifs is 1. The first-order valence-corrected chi connectivity index (χ1v) is 7.33. The Labute approximate surface area is 134 Å². The van der Waals surface area contributed by atoms with Gasteiger partial charge < -0.3 is 4.74 Å². The van der Waals surface area contributed by atoms with E-state index in [-0.39, 0.29) is 5.97 Å². The summed E-state index contributed by atoms with van der Waals surface area (Å²) in [6, 6.07) is 13.5. The van der Waals surface area contributed by atoms with Gasteiger partial charge in [0.05, 0.1) is 5.69 Å². The molecule has 0 aliphatic heterocycles. The Bertz CT molecular complexity index is 901. The maximum absolute atomic E-state index is 11.2. The predicted octanol–water partition coefficient (Wildman–Crippen LogP) is 3.16. The first-order valence-electron chi connectivity index (χ1n) is 7.33. The number of aryl methyl sites for hydroxylation is 1. The van der Waals surface area contributed by atoms with Crippen LogP contribution in [0.3, 0.4) is 0 Å². The molecule has 0 saturated carbocycles. The van der Waals surface area contributed by atoms with Gasteiger partial charge in [-0.15, -0.1) is 0 Å². The Morgan fingerprint density at radius 1 is 1.13 bits per heavy atom. The average Bonchev–Trinajstić information content (AvgIpc) is 2.53. The van der Waals surface area contributed by atoms with Crippen molar-refractivity contribution in [1.29, 1.82) is 0 Å². The molecule has 0 N–H and O–H groups in total. The van der Waals surface area contributed by atoms with Gasteiger partial charge in [-0.1, -0.05) is 18.2 Å². The van der Waals surface area contributed by atoms with Gasteiger partial charge >= 0.3 is 5.97 Å². The lowest BCUT2D eigenvalue weighted by atomic mass is 10.1. The number of benzene rings is 1. The summed E-state index contributed by atoms with van der Waals surface area (Å²) in [7, 11) is 1.98. The number of hydrogen-bond donors (Lipinski definition) is 0. The van der Waals surface area contributed by atoms with Crippen molar-refractivity contribution in [2.75, 3.05) is 0 Å². The standard InChI is InChI=1S/C19H17N2O2/c1-14(22)23-18-7-3-6-16-9-11-17(20-19(16)18)10-8-15-5-4-12-21(2)13-15/h3-13H,1-2H3/q+1/b10-8+. The first kappa shape index (κ1) is 14.9. The van der Waals surface area contributed by atoms with Crippen LogP contribution in [0.5, 0.6) is 5.75 Å². The van der Waals surface area contributed by atoms with Crippen molar-refractivity contribution in [3.8, 4) is 5.75 Å². The van der Waals surface area contributed by atoms with E-state index in [2.05, 4.69) is 4.98 Å². The summed E-state index contributed by atoms with van der Waals surface area (Å²) in [5.41, 5.74) is 2.58. The number of para-hydroxylation sites is 1. The third kappa shape index (κ3) is 3.61. The molecule has 2 heterocycles. The lowest BCUT2D eigenvalue weighted by molar-refractivity contribution is -0.671. The molecule has 4 nitrogen and oxygen atoms in total. The molecule has 3 aromatic rings. The van der Waals surface area contributed by atoms with Crippen LogP contribution < -0.4 is 9.30 Å². The zero-order chi connectivity index (χ0) is 16.2. The Hall–Kier alpha value is -3.01. The van der Waals surface area contributed by atoms with Gasteiger partial charge in [0.2, 0.25) is 0 Å². The highest BCUT2D eigenvalue weighted by atomic mass is 16.5. The topological polar surface area (TPSA) is 43.1 Å². The summed E-state index contributed by atoms with van der Waals surface area (Å²) >= 11 is 0. The molecule has 0 spiro atoms. The maximum Gasteiger partial charge on any atom is 0.308 e. The molecule has 0 saturated heterocycles. The molecule has 0 amide bonds. The molecule has 23 heavy (non-hydrogen) atoms. The van der Waals surface area contributed by atoms with Crippen molar-refractivity contribution in [2.45, 2.75) is 6.92 Å². The van der Waals surface area contributed by atoms with Crippen molar-refractivity contribution in [1.82, 2.24) is 4.98 Å². The minimum absolute atomic E-state index is 0.350. The largest absolute Gasteiger partial charge is 0.424 e. The van der Waals surface area contributed by atoms with Crippen LogP contribution in [0, 0.1) is 0 Å². The molecular formula is C19H17N2O2+. The maximum atomic E-state index is 11.2. The van der Waals surface area contributed by atoms with E-state index in [1.54, 1.807) is 6.07 Å². The Morgan fingerprint density at radius 2 is 2.00 bits per heavy atom. The molecule has 0 aliphatic rings. The monoisotopic (exact) mass is 305 g/mol. The molecule has 4 heteroatoms. The van der Waals surface area contributed by atoms with Crippen LogP contribution >= 0.6 is 0 Å². The van der Waals surface area contributed by atoms with E-state index >= 15 is 0 Å². The van der Waals surface area contributed by atoms with Crippen molar-refractivity contribution >= 4 is 29.0 Å². The van der Waals surface area contributed by atoms with Gasteiger partial charge in [-0.05, 0) is 30.4 Å². The van der Waals surface area contributed by atoms with Crippen LogP contribution in [0.1, 0.15) is 18.2 Å². The summed E-state index contributed by atoms with van der Waals surface area (Å²) in [4.78, 5) is 15.8. The second kappa shape index (κ2) is 6.40. The first-order chi connectivity index (χ1) is 11.1. The minimum atomic E-state index is -0.350. The highest BCUT2D eigenvalue weighted by molar-refractivity contribution is 5.88. The van der Waals surface area contributed by atoms with Crippen molar-refractivity contribution < 1.29 is 14.1 Å². The summed E-state index contributed by atoms with van der Waals surface area (Å²) in [6.07, 6.45) is 7.96. The minimum Gasteiger partial charge on any atom is -0.424 e. The fraction of sp³-hybridized carbons (Fsp3) is 0.105. The molecule has 2 aromatic heterocycles. The summed E-state index contributed by atoms with van der Waals surface area (Å²) < 4.78 is 7.22. The molecule has 0 aliphatic carbocycles. The molecule has 3 rings (SSSR count). The molecular weight excluding hydrogens is 288 g/mol. The zero-order valence-electron chi connectivity index (χ0n) is 13.1. The molecule has 0 unspecified atom stereocenters. The van der Waals surface area contributed by atoms with Gasteiger partial charge in [-0.3, -0.25) is 4.79 Å². The number of hydrogen-bond acceptors (Lipinski definition) is 3. The Balaban J connectivity index is 1.97. The SMILES string of the molecule is CC(=O)Oc1cccc2ccc(/C=C/c3ccc[n+](C)c3)nc12. The lowest BCUT2D eigenvalue weighted by Crippen LogP contribution is -2.26. The normalized spacial score (nSPS) is 11.0. The molecule has 1 aromatic carbocycles. The van der Waals surface area contributed by atoms with Crippen LogP contribution in [0.2, 0.25) is 0 Å². The van der Waals surface area contributed by atoms with Gasteiger partial charge in [0.15, 0.2) is 18.1 Å². The van der Waals surface area contributed by atoms with Crippen LogP contribution in [0.15, 0.2) is 54.9 Å². The number of aromatic nitrogens is 2. The number of esters is 1. The van der Waals surface area contributed by atoms with E-state index in [0.717, 1.165) is 16.6 Å². The number of ether oxygens (including phenoxy) is 1. The molecule has 0 radical (unpaired) electrons. The van der Waals surface area contributed by atoms with Crippen LogP contribution in [-0.4, -0.2) is 11.0 Å². The van der Waals surface area contributed by atoms with E-state index in [4.69, 9.17) is 4.74 Å². The van der Waals surface area contributed by atoms with E-state index in [1.807, 2.05) is 72.6 Å². The van der Waals surface area contributed by atoms with Crippen LogP contribution in [0.4, 0.5) is 0 Å². The highest BCUT2D eigenvalue weighted by Gasteiger charge is 2.06. The fourth-order valence-corrected chi connectivity index (χ4v) is 2.36. The smallest absolute Gasteiger partial charge is 0.308 e. The predicted molar refractivity (Wildman–Crippen MR) is 89.6 cm³/mol. The second-order valence-corrected chi connectivity index (χ2v) is 5.29. The third-order valence-corrected chi connectivity index (χ3v) is 3.37. The summed E-state index contributed by atoms with van der Waals surface area (Å²) in [5, 5.41) is 0.937. The third-order valence-electron chi connectivity index (χ3n) is 3.37. The second-order valence-electron chi connectivity index (χ2n) is 5.29. The quantitative estimate of drug-likeness (QED) is 0.424. The van der Waals surface area contributed by atoms with Crippen LogP contribution in [0.25, 0.3) is 23.1 Å². The number of carbonyl (C=O) groups excluding carboxylic acids is 1. The number of carbonyl (C=O) groups is 1. The van der Waals surface area contributed by atoms with E-state index < -0.39 is 0 Å². The van der Waals surface area contributed by atoms with E-state index in [0.29, 0.717) is 11.3 Å². The van der Waals surface area contributed by atoms with Gasteiger partial charge in [-0.25, -0.2) is 9.55 Å². The lowest BCUT2D eigenvalue weighted by Gasteiger charge is -2.05. The Morgan fingerprint density at radius 3 is 2.78 bits per heavy atom. The van der Waals surface area contributed by atoms with Gasteiger partial charge in [0.1, 0.15) is 12.6 Å². The van der Waals surface area contributed by atoms with Crippen molar-refractivity contribution in [3.05, 3.63) is 66.1 Å². The summed E-state index contributed by atoms with van der Waals surface area (Å²) in [5.74, 6) is 0.133. The fourth-order valence-electron chi connectivity index (χ4n) is 2.36. The van der Waals surface area contributed by atoms with Gasteiger partial charge in [-0.2, -0.15) is 0 Å². The van der Waals surface area contributed by atoms with Gasteiger partial charge in [0, 0.05) is 23.9 Å². The zero-order valence-corrected chi connectivity index (χ0v) is 13.1. The van der Waals surface area contributed by atoms with Crippen molar-refractivity contribution in [3.63, 3.8) is 0 Å². The molecule has 114 valence electrons. The van der Waals surface area contributed by atoms with Gasteiger partial charge in [0.25, 0.3) is 0 Å². The van der Waals surface area contributed by atoms with Crippen molar-refractivity contribution in [2.24, 2.45) is 7.05 Å². The van der Waals surface area contributed by atoms with E-state index in [9.17, 15) is 4.79 Å². The van der Waals surface area contributed by atoms with E-state index in [1.165, 1.54) is 6.92 Å². The molecule has 0 fully saturated rings. The molecule has 0 atom stereocenters. The van der Waals surface area contributed by atoms with Crippen LogP contribution in [-0.2, 0) is 11.8 Å². The number of rotatable bonds is 3.